The molecule has 1 aromatic rings. The van der Waals surface area contributed by atoms with E-state index in [1.54, 1.807) is 18.2 Å². The van der Waals surface area contributed by atoms with Gasteiger partial charge in [-0.15, -0.1) is 0 Å². The Bertz CT molecular complexity index is 604. The molecule has 1 aliphatic rings. The number of carbonyl (C=O) groups is 1. The van der Waals surface area contributed by atoms with E-state index in [1.165, 1.54) is 0 Å². The average Bonchev–Trinajstić information content (AvgIpc) is 2.84. The molecule has 0 radical (unpaired) electrons. The molecule has 1 aromatic carbocycles. The fourth-order valence-corrected chi connectivity index (χ4v) is 2.60. The molecule has 6 heteroatoms. The summed E-state index contributed by atoms with van der Waals surface area (Å²) >= 11 is 6.02. The van der Waals surface area contributed by atoms with Crippen molar-refractivity contribution in [3.63, 3.8) is 0 Å². The largest absolute Gasteiger partial charge is 0.444 e. The lowest BCUT2D eigenvalue weighted by molar-refractivity contribution is 0.0509. The molecule has 1 N–H and O–H groups in total. The maximum absolute atomic E-state index is 11.8. The number of nitriles is 1. The first-order valence-corrected chi connectivity index (χ1v) is 7.60. The maximum atomic E-state index is 11.8. The fraction of sp³-hybridized carbons (Fsp3) is 0.500. The van der Waals surface area contributed by atoms with Gasteiger partial charge in [-0.25, -0.2) is 4.79 Å². The van der Waals surface area contributed by atoms with E-state index in [0.29, 0.717) is 17.1 Å². The van der Waals surface area contributed by atoms with Crippen LogP contribution in [0.25, 0.3) is 0 Å². The van der Waals surface area contributed by atoms with Crippen LogP contribution >= 0.6 is 11.6 Å². The highest BCUT2D eigenvalue weighted by Crippen LogP contribution is 2.27. The van der Waals surface area contributed by atoms with Crippen LogP contribution in [0.1, 0.15) is 32.8 Å². The number of rotatable bonds is 2. The molecule has 1 saturated heterocycles. The van der Waals surface area contributed by atoms with E-state index in [0.717, 1.165) is 18.7 Å². The van der Waals surface area contributed by atoms with Crippen LogP contribution in [-0.2, 0) is 4.74 Å². The van der Waals surface area contributed by atoms with Gasteiger partial charge in [0, 0.05) is 18.1 Å². The number of nitrogens with one attached hydrogen (secondary N) is 1. The summed E-state index contributed by atoms with van der Waals surface area (Å²) in [5.41, 5.74) is 0.884. The predicted molar refractivity (Wildman–Crippen MR) is 86.2 cm³/mol. The van der Waals surface area contributed by atoms with Crippen LogP contribution in [0.3, 0.4) is 0 Å². The lowest BCUT2D eigenvalue weighted by Gasteiger charge is -2.23. The van der Waals surface area contributed by atoms with Crippen LogP contribution in [0.2, 0.25) is 5.02 Å². The summed E-state index contributed by atoms with van der Waals surface area (Å²) in [4.78, 5) is 13.9. The van der Waals surface area contributed by atoms with E-state index in [-0.39, 0.29) is 6.04 Å². The Balaban J connectivity index is 2.00. The van der Waals surface area contributed by atoms with Crippen molar-refractivity contribution < 1.29 is 9.53 Å². The van der Waals surface area contributed by atoms with Gasteiger partial charge in [0.05, 0.1) is 17.3 Å². The summed E-state index contributed by atoms with van der Waals surface area (Å²) in [7, 11) is 0. The van der Waals surface area contributed by atoms with Gasteiger partial charge in [0.25, 0.3) is 0 Å². The molecular formula is C16H20ClN3O2. The zero-order chi connectivity index (χ0) is 16.3. The normalized spacial score (nSPS) is 18.0. The number of hydrogen-bond donors (Lipinski definition) is 1. The van der Waals surface area contributed by atoms with Crippen LogP contribution in [0.4, 0.5) is 10.5 Å². The SMILES string of the molecule is CC(C)(C)OC(=O)N[C@H]1CCN(c2cc(Cl)ccc2C#N)C1. The number of carbonyl (C=O) groups excluding carboxylic acids is 1. The van der Waals surface area contributed by atoms with Gasteiger partial charge in [0.2, 0.25) is 0 Å². The Labute approximate surface area is 135 Å². The van der Waals surface area contributed by atoms with E-state index >= 15 is 0 Å². The molecular weight excluding hydrogens is 302 g/mol. The third kappa shape index (κ3) is 4.28. The van der Waals surface area contributed by atoms with Gasteiger partial charge in [-0.1, -0.05) is 11.6 Å². The van der Waals surface area contributed by atoms with E-state index < -0.39 is 11.7 Å². The Morgan fingerprint density at radius 2 is 2.23 bits per heavy atom. The number of alkyl carbamates (subject to hydrolysis) is 1. The first-order chi connectivity index (χ1) is 10.3. The molecule has 1 fully saturated rings. The summed E-state index contributed by atoms with van der Waals surface area (Å²) < 4.78 is 5.26. The minimum absolute atomic E-state index is 0.000347. The summed E-state index contributed by atoms with van der Waals surface area (Å²) in [5, 5.41) is 12.7. The minimum atomic E-state index is -0.511. The molecule has 2 rings (SSSR count). The van der Waals surface area contributed by atoms with Crippen molar-refractivity contribution in [1.29, 1.82) is 5.26 Å². The van der Waals surface area contributed by atoms with Gasteiger partial charge in [-0.05, 0) is 45.4 Å². The summed E-state index contributed by atoms with van der Waals surface area (Å²) in [5.74, 6) is 0. The Hall–Kier alpha value is -1.93. The quantitative estimate of drug-likeness (QED) is 0.907. The van der Waals surface area contributed by atoms with Crippen molar-refractivity contribution in [2.45, 2.75) is 38.8 Å². The molecule has 1 aliphatic heterocycles. The molecule has 1 atom stereocenters. The first-order valence-electron chi connectivity index (χ1n) is 7.22. The van der Waals surface area contributed by atoms with Gasteiger partial charge in [0.1, 0.15) is 11.7 Å². The third-order valence-corrected chi connectivity index (χ3v) is 3.57. The number of ether oxygens (including phenoxy) is 1. The third-order valence-electron chi connectivity index (χ3n) is 3.33. The summed E-state index contributed by atoms with van der Waals surface area (Å²) in [6, 6.07) is 7.38. The molecule has 1 amide bonds. The summed E-state index contributed by atoms with van der Waals surface area (Å²) in [6.07, 6.45) is 0.391. The van der Waals surface area contributed by atoms with Crippen LogP contribution < -0.4 is 10.2 Å². The van der Waals surface area contributed by atoms with Crippen molar-refractivity contribution in [3.05, 3.63) is 28.8 Å². The Morgan fingerprint density at radius 3 is 2.86 bits per heavy atom. The zero-order valence-corrected chi connectivity index (χ0v) is 13.8. The number of hydrogen-bond acceptors (Lipinski definition) is 4. The van der Waals surface area contributed by atoms with Gasteiger partial charge in [-0.2, -0.15) is 5.26 Å². The molecule has 0 unspecified atom stereocenters. The number of amides is 1. The van der Waals surface area contributed by atoms with Crippen molar-refractivity contribution >= 4 is 23.4 Å². The average molecular weight is 322 g/mol. The number of benzene rings is 1. The van der Waals surface area contributed by atoms with Gasteiger partial charge in [-0.3, -0.25) is 0 Å². The van der Waals surface area contributed by atoms with Gasteiger partial charge < -0.3 is 15.0 Å². The first kappa shape index (κ1) is 16.4. The second-order valence-corrected chi connectivity index (χ2v) is 6.79. The molecule has 5 nitrogen and oxygen atoms in total. The van der Waals surface area contributed by atoms with Crippen LogP contribution in [0, 0.1) is 11.3 Å². The number of nitrogens with zero attached hydrogens (tertiary/aromatic N) is 2. The van der Waals surface area contributed by atoms with E-state index in [2.05, 4.69) is 16.3 Å². The van der Waals surface area contributed by atoms with E-state index in [1.807, 2.05) is 20.8 Å². The highest BCUT2D eigenvalue weighted by atomic mass is 35.5. The van der Waals surface area contributed by atoms with Gasteiger partial charge >= 0.3 is 6.09 Å². The predicted octanol–water partition coefficient (Wildman–Crippen LogP) is 3.32. The van der Waals surface area contributed by atoms with Crippen LogP contribution in [-0.4, -0.2) is 30.8 Å². The molecule has 0 saturated carbocycles. The number of anilines is 1. The minimum Gasteiger partial charge on any atom is -0.444 e. The van der Waals surface area contributed by atoms with E-state index in [9.17, 15) is 10.1 Å². The second-order valence-electron chi connectivity index (χ2n) is 6.35. The maximum Gasteiger partial charge on any atom is 0.407 e. The highest BCUT2D eigenvalue weighted by molar-refractivity contribution is 6.30. The monoisotopic (exact) mass is 321 g/mol. The lowest BCUT2D eigenvalue weighted by Crippen LogP contribution is -2.40. The second kappa shape index (κ2) is 6.45. The zero-order valence-electron chi connectivity index (χ0n) is 13.0. The van der Waals surface area contributed by atoms with E-state index in [4.69, 9.17) is 16.3 Å². The van der Waals surface area contributed by atoms with Crippen molar-refractivity contribution in [2.75, 3.05) is 18.0 Å². The topological polar surface area (TPSA) is 65.4 Å². The summed E-state index contributed by atoms with van der Waals surface area (Å²) in [6.45, 7) is 6.89. The van der Waals surface area contributed by atoms with Gasteiger partial charge in [0.15, 0.2) is 0 Å². The lowest BCUT2D eigenvalue weighted by atomic mass is 10.2. The van der Waals surface area contributed by atoms with Crippen LogP contribution in [0.5, 0.6) is 0 Å². The van der Waals surface area contributed by atoms with Crippen LogP contribution in [0.15, 0.2) is 18.2 Å². The Morgan fingerprint density at radius 1 is 1.50 bits per heavy atom. The van der Waals surface area contributed by atoms with Crippen molar-refractivity contribution in [3.8, 4) is 6.07 Å². The molecule has 118 valence electrons. The fourth-order valence-electron chi connectivity index (χ4n) is 2.43. The molecule has 22 heavy (non-hydrogen) atoms. The molecule has 1 heterocycles. The van der Waals surface area contributed by atoms with Crippen molar-refractivity contribution in [1.82, 2.24) is 5.32 Å². The molecule has 0 bridgehead atoms. The molecule has 0 aromatic heterocycles. The Kier molecular flexibility index (Phi) is 4.82. The highest BCUT2D eigenvalue weighted by Gasteiger charge is 2.27. The number of halogens is 1. The molecule has 0 aliphatic carbocycles. The standard InChI is InChI=1S/C16H20ClN3O2/c1-16(2,3)22-15(21)19-13-6-7-20(10-13)14-8-12(17)5-4-11(14)9-18/h4-5,8,13H,6-7,10H2,1-3H3,(H,19,21)/t13-/m0/s1. The molecule has 0 spiro atoms. The smallest absolute Gasteiger partial charge is 0.407 e. The van der Waals surface area contributed by atoms with Crippen molar-refractivity contribution in [2.24, 2.45) is 0 Å².